The fourth-order valence-corrected chi connectivity index (χ4v) is 7.44. The van der Waals surface area contributed by atoms with E-state index in [1.54, 1.807) is 24.3 Å². The molecule has 0 radical (unpaired) electrons. The smallest absolute Gasteiger partial charge is 0.338 e. The van der Waals surface area contributed by atoms with E-state index in [4.69, 9.17) is 4.74 Å². The molecular weight excluding hydrogens is 468 g/mol. The lowest BCUT2D eigenvalue weighted by Crippen LogP contribution is -2.41. The van der Waals surface area contributed by atoms with Crippen molar-refractivity contribution in [2.75, 3.05) is 12.4 Å². The van der Waals surface area contributed by atoms with Crippen molar-refractivity contribution in [1.82, 2.24) is 0 Å². The molecule has 0 N–H and O–H groups in total. The van der Waals surface area contributed by atoms with Crippen LogP contribution in [0.5, 0.6) is 0 Å². The molecule has 2 aromatic carbocycles. The van der Waals surface area contributed by atoms with E-state index in [9.17, 15) is 13.2 Å². The summed E-state index contributed by atoms with van der Waals surface area (Å²) in [6.07, 6.45) is 4.76. The summed E-state index contributed by atoms with van der Waals surface area (Å²) in [5, 5.41) is 0. The molecule has 0 unspecified atom stereocenters. The molecule has 2 atom stereocenters. The molecule has 1 fully saturated rings. The predicted molar refractivity (Wildman–Crippen MR) is 147 cm³/mol. The Labute approximate surface area is 217 Å². The number of esters is 1. The third kappa shape index (κ3) is 6.36. The molecule has 0 bridgehead atoms. The Balaban J connectivity index is 1.66. The Kier molecular flexibility index (Phi) is 8.66. The van der Waals surface area contributed by atoms with Crippen LogP contribution in [0.1, 0.15) is 67.1 Å². The van der Waals surface area contributed by atoms with Crippen LogP contribution in [0.2, 0.25) is 0 Å². The van der Waals surface area contributed by atoms with Crippen molar-refractivity contribution < 1.29 is 17.9 Å². The molecule has 0 amide bonds. The molecule has 4 nitrogen and oxygen atoms in total. The highest BCUT2D eigenvalue weighted by Gasteiger charge is 2.43. The summed E-state index contributed by atoms with van der Waals surface area (Å²) in [5.74, 6) is -0.0144. The Morgan fingerprint density at radius 3 is 2.33 bits per heavy atom. The number of hydrogen-bond acceptors (Lipinski definition) is 4. The topological polar surface area (TPSA) is 60.4 Å². The molecule has 0 saturated heterocycles. The summed E-state index contributed by atoms with van der Waals surface area (Å²) >= 11 is 0. The number of rotatable bonds is 8. The zero-order valence-electron chi connectivity index (χ0n) is 22.6. The molecule has 1 saturated carbocycles. The predicted octanol–water partition coefficient (Wildman–Crippen LogP) is 7.19. The Morgan fingerprint density at radius 2 is 1.72 bits per heavy atom. The highest BCUT2D eigenvalue weighted by Crippen LogP contribution is 2.49. The molecule has 0 spiro atoms. The quantitative estimate of drug-likeness (QED) is 0.280. The SMILES string of the molecule is C=C1CC[C@H](C/C=C(\C)COC(=O)c2c(C)cc(C)cc2C)C(C)(C)[C@@H]1CS(=O)(=O)c1ccccc1. The van der Waals surface area contributed by atoms with Crippen LogP contribution in [-0.2, 0) is 14.6 Å². The maximum atomic E-state index is 13.1. The normalized spacial score (nSPS) is 20.3. The molecule has 194 valence electrons. The molecule has 0 aromatic heterocycles. The summed E-state index contributed by atoms with van der Waals surface area (Å²) in [4.78, 5) is 13.1. The first-order valence-corrected chi connectivity index (χ1v) is 14.3. The zero-order chi connectivity index (χ0) is 26.7. The highest BCUT2D eigenvalue weighted by atomic mass is 32.2. The molecular formula is C31H40O4S. The van der Waals surface area contributed by atoms with Gasteiger partial charge in [0.05, 0.1) is 16.2 Å². The monoisotopic (exact) mass is 508 g/mol. The molecule has 2 aromatic rings. The van der Waals surface area contributed by atoms with Gasteiger partial charge in [-0.25, -0.2) is 13.2 Å². The highest BCUT2D eigenvalue weighted by molar-refractivity contribution is 7.91. The molecule has 3 rings (SSSR count). The molecule has 36 heavy (non-hydrogen) atoms. The van der Waals surface area contributed by atoms with Crippen molar-refractivity contribution in [2.45, 2.75) is 65.7 Å². The van der Waals surface area contributed by atoms with Crippen molar-refractivity contribution in [3.05, 3.63) is 88.5 Å². The van der Waals surface area contributed by atoms with Crippen LogP contribution in [0, 0.1) is 38.0 Å². The van der Waals surface area contributed by atoms with Gasteiger partial charge in [-0.3, -0.25) is 0 Å². The molecule has 1 aliphatic rings. The second-order valence-corrected chi connectivity index (χ2v) is 13.0. The van der Waals surface area contributed by atoms with Crippen molar-refractivity contribution in [3.63, 3.8) is 0 Å². The Hall–Kier alpha value is -2.66. The number of carbonyl (C=O) groups excluding carboxylic acids is 1. The van der Waals surface area contributed by atoms with E-state index in [1.165, 1.54) is 0 Å². The zero-order valence-corrected chi connectivity index (χ0v) is 23.4. The second kappa shape index (κ2) is 11.2. The van der Waals surface area contributed by atoms with E-state index in [0.717, 1.165) is 47.1 Å². The van der Waals surface area contributed by atoms with Gasteiger partial charge in [-0.15, -0.1) is 0 Å². The van der Waals surface area contributed by atoms with Crippen LogP contribution in [0.3, 0.4) is 0 Å². The van der Waals surface area contributed by atoms with E-state index in [0.29, 0.717) is 16.4 Å². The van der Waals surface area contributed by atoms with Gasteiger partial charge in [-0.2, -0.15) is 0 Å². The fraction of sp³-hybridized carbons (Fsp3) is 0.452. The number of ether oxygens (including phenoxy) is 1. The van der Waals surface area contributed by atoms with Crippen molar-refractivity contribution >= 4 is 15.8 Å². The standard InChI is InChI=1S/C31H40O4S/c1-21(19-35-30(32)29-24(4)17-22(2)18-25(29)5)13-15-26-16-14-23(3)28(31(26,6)7)20-36(33,34)27-11-9-8-10-12-27/h8-13,17-18,26,28H,3,14-16,19-20H2,1-2,4-7H3/b21-13+/t26-,28+/m0/s1. The van der Waals surface area contributed by atoms with Crippen LogP contribution in [-0.4, -0.2) is 26.7 Å². The summed E-state index contributed by atoms with van der Waals surface area (Å²) < 4.78 is 31.9. The first-order valence-electron chi connectivity index (χ1n) is 12.7. The van der Waals surface area contributed by atoms with E-state index in [-0.39, 0.29) is 29.7 Å². The second-order valence-electron chi connectivity index (χ2n) is 11.0. The number of sulfone groups is 1. The average molecular weight is 509 g/mol. The minimum atomic E-state index is -3.41. The van der Waals surface area contributed by atoms with Gasteiger partial charge < -0.3 is 4.74 Å². The van der Waals surface area contributed by atoms with Crippen LogP contribution in [0.15, 0.2) is 71.2 Å². The summed E-state index contributed by atoms with van der Waals surface area (Å²) in [5.41, 5.74) is 5.43. The first-order chi connectivity index (χ1) is 16.8. The Bertz CT molecular complexity index is 1230. The van der Waals surface area contributed by atoms with E-state index < -0.39 is 9.84 Å². The minimum absolute atomic E-state index is 0.0783. The molecule has 1 aliphatic carbocycles. The van der Waals surface area contributed by atoms with Gasteiger partial charge >= 0.3 is 5.97 Å². The summed E-state index contributed by atoms with van der Waals surface area (Å²) in [6, 6.07) is 12.7. The summed E-state index contributed by atoms with van der Waals surface area (Å²) in [7, 11) is -3.41. The average Bonchev–Trinajstić information content (AvgIpc) is 2.80. The van der Waals surface area contributed by atoms with E-state index in [1.807, 2.05) is 45.9 Å². The van der Waals surface area contributed by atoms with Gasteiger partial charge in [0.25, 0.3) is 0 Å². The lowest BCUT2D eigenvalue weighted by Gasteiger charge is -2.46. The summed E-state index contributed by atoms with van der Waals surface area (Å²) in [6.45, 7) is 16.7. The maximum absolute atomic E-state index is 13.1. The fourth-order valence-electron chi connectivity index (χ4n) is 5.57. The van der Waals surface area contributed by atoms with Crippen molar-refractivity contribution in [1.29, 1.82) is 0 Å². The van der Waals surface area contributed by atoms with Gasteiger partial charge in [0, 0.05) is 0 Å². The molecule has 0 heterocycles. The van der Waals surface area contributed by atoms with Gasteiger partial charge in [0.1, 0.15) is 6.61 Å². The lowest BCUT2D eigenvalue weighted by atomic mass is 9.60. The number of aryl methyl sites for hydroxylation is 3. The third-order valence-corrected chi connectivity index (χ3v) is 9.57. The molecule has 0 aliphatic heterocycles. The van der Waals surface area contributed by atoms with Gasteiger partial charge in [0.2, 0.25) is 0 Å². The van der Waals surface area contributed by atoms with Gasteiger partial charge in [0.15, 0.2) is 9.84 Å². The number of carbonyl (C=O) groups is 1. The first kappa shape index (κ1) is 27.9. The molecule has 5 heteroatoms. The number of benzene rings is 2. The maximum Gasteiger partial charge on any atom is 0.338 e. The lowest BCUT2D eigenvalue weighted by molar-refractivity contribution is 0.0537. The van der Waals surface area contributed by atoms with E-state index in [2.05, 4.69) is 26.5 Å². The largest absolute Gasteiger partial charge is 0.458 e. The van der Waals surface area contributed by atoms with Crippen LogP contribution in [0.4, 0.5) is 0 Å². The Morgan fingerprint density at radius 1 is 1.11 bits per heavy atom. The van der Waals surface area contributed by atoms with Gasteiger partial charge in [-0.1, -0.05) is 68.0 Å². The van der Waals surface area contributed by atoms with Crippen LogP contribution in [0.25, 0.3) is 0 Å². The van der Waals surface area contributed by atoms with Gasteiger partial charge in [-0.05, 0) is 93.0 Å². The van der Waals surface area contributed by atoms with Crippen molar-refractivity contribution in [3.8, 4) is 0 Å². The minimum Gasteiger partial charge on any atom is -0.458 e. The van der Waals surface area contributed by atoms with Crippen molar-refractivity contribution in [2.24, 2.45) is 17.3 Å². The third-order valence-electron chi connectivity index (χ3n) is 7.81. The van der Waals surface area contributed by atoms with Crippen LogP contribution >= 0.6 is 0 Å². The van der Waals surface area contributed by atoms with Crippen LogP contribution < -0.4 is 0 Å². The number of hydrogen-bond donors (Lipinski definition) is 0. The van der Waals surface area contributed by atoms with E-state index >= 15 is 0 Å². The number of allylic oxidation sites excluding steroid dienone is 2.